The molecule has 0 aromatic carbocycles. The topological polar surface area (TPSA) is 93.4 Å². The van der Waals surface area contributed by atoms with E-state index in [0.29, 0.717) is 13.1 Å². The molecule has 0 spiro atoms. The molecular formula is C12H25N3O3. The molecule has 0 radical (unpaired) electrons. The predicted molar refractivity (Wildman–Crippen MR) is 70.1 cm³/mol. The molecule has 0 fully saturated rings. The van der Waals surface area contributed by atoms with Gasteiger partial charge in [-0.3, -0.25) is 4.79 Å². The first-order valence-corrected chi connectivity index (χ1v) is 6.14. The molecule has 6 heteroatoms. The van der Waals surface area contributed by atoms with Crippen molar-refractivity contribution in [2.45, 2.75) is 46.3 Å². The summed E-state index contributed by atoms with van der Waals surface area (Å²) >= 11 is 0. The Morgan fingerprint density at radius 3 is 2.22 bits per heavy atom. The summed E-state index contributed by atoms with van der Waals surface area (Å²) in [4.78, 5) is 23.4. The standard InChI is InChI=1S/C12H25N3O3/c1-8(2)9(10(16)14-7-6-13)15-11(17)18-12(3,4)5/h8-9H,6-7,13H2,1-5H3,(H,14,16)(H,15,17). The van der Waals surface area contributed by atoms with Crippen LogP contribution >= 0.6 is 0 Å². The van der Waals surface area contributed by atoms with Crippen molar-refractivity contribution in [2.24, 2.45) is 11.7 Å². The number of alkyl carbamates (subject to hydrolysis) is 1. The van der Waals surface area contributed by atoms with Crippen LogP contribution in [-0.4, -0.2) is 36.7 Å². The summed E-state index contributed by atoms with van der Waals surface area (Å²) in [6.07, 6.45) is -0.593. The number of nitrogens with one attached hydrogen (secondary N) is 2. The van der Waals surface area contributed by atoms with Crippen molar-refractivity contribution in [1.29, 1.82) is 0 Å². The molecule has 0 aromatic heterocycles. The Kier molecular flexibility index (Phi) is 6.68. The van der Waals surface area contributed by atoms with E-state index in [-0.39, 0.29) is 11.8 Å². The number of hydrogen-bond acceptors (Lipinski definition) is 4. The first-order chi connectivity index (χ1) is 8.17. The minimum Gasteiger partial charge on any atom is -0.444 e. The highest BCUT2D eigenvalue weighted by Gasteiger charge is 2.26. The van der Waals surface area contributed by atoms with Gasteiger partial charge in [0.2, 0.25) is 5.91 Å². The largest absolute Gasteiger partial charge is 0.444 e. The number of carbonyl (C=O) groups excluding carboxylic acids is 2. The molecule has 2 amide bonds. The zero-order valence-electron chi connectivity index (χ0n) is 11.9. The van der Waals surface area contributed by atoms with Crippen LogP contribution in [0.25, 0.3) is 0 Å². The Bertz CT molecular complexity index is 285. The molecule has 0 bridgehead atoms. The minimum atomic E-state index is -0.619. The van der Waals surface area contributed by atoms with Crippen molar-refractivity contribution in [3.05, 3.63) is 0 Å². The lowest BCUT2D eigenvalue weighted by Gasteiger charge is -2.25. The van der Waals surface area contributed by atoms with E-state index < -0.39 is 17.7 Å². The molecule has 0 aliphatic rings. The summed E-state index contributed by atoms with van der Waals surface area (Å²) < 4.78 is 5.12. The maximum Gasteiger partial charge on any atom is 0.408 e. The van der Waals surface area contributed by atoms with Crippen LogP contribution in [0.1, 0.15) is 34.6 Å². The molecule has 0 saturated carbocycles. The fourth-order valence-electron chi connectivity index (χ4n) is 1.27. The number of hydrogen-bond donors (Lipinski definition) is 3. The van der Waals surface area contributed by atoms with Gasteiger partial charge in [0.25, 0.3) is 0 Å². The van der Waals surface area contributed by atoms with Crippen molar-refractivity contribution in [3.63, 3.8) is 0 Å². The highest BCUT2D eigenvalue weighted by atomic mass is 16.6. The first-order valence-electron chi connectivity index (χ1n) is 6.14. The van der Waals surface area contributed by atoms with E-state index in [1.807, 2.05) is 13.8 Å². The summed E-state index contributed by atoms with van der Waals surface area (Å²) in [6.45, 7) is 9.76. The van der Waals surface area contributed by atoms with Crippen LogP contribution in [0.3, 0.4) is 0 Å². The normalized spacial score (nSPS) is 13.1. The summed E-state index contributed by atoms with van der Waals surface area (Å²) in [5, 5.41) is 5.22. The molecule has 1 unspecified atom stereocenters. The van der Waals surface area contributed by atoms with Crippen LogP contribution in [0.4, 0.5) is 4.79 Å². The molecule has 4 N–H and O–H groups in total. The summed E-state index contributed by atoms with van der Waals surface area (Å²) in [5.41, 5.74) is 4.73. The third-order valence-corrected chi connectivity index (χ3v) is 2.06. The second-order valence-corrected chi connectivity index (χ2v) is 5.45. The number of rotatable bonds is 5. The van der Waals surface area contributed by atoms with Crippen LogP contribution in [0.2, 0.25) is 0 Å². The second-order valence-electron chi connectivity index (χ2n) is 5.45. The minimum absolute atomic E-state index is 0.0321. The predicted octanol–water partition coefficient (Wildman–Crippen LogP) is 0.611. The first kappa shape index (κ1) is 16.7. The van der Waals surface area contributed by atoms with Gasteiger partial charge < -0.3 is 21.1 Å². The van der Waals surface area contributed by atoms with E-state index in [4.69, 9.17) is 10.5 Å². The lowest BCUT2D eigenvalue weighted by atomic mass is 10.0. The lowest BCUT2D eigenvalue weighted by Crippen LogP contribution is -2.51. The van der Waals surface area contributed by atoms with Gasteiger partial charge in [-0.1, -0.05) is 13.8 Å². The van der Waals surface area contributed by atoms with Crippen molar-refractivity contribution < 1.29 is 14.3 Å². The van der Waals surface area contributed by atoms with Crippen molar-refractivity contribution in [3.8, 4) is 0 Å². The fourth-order valence-corrected chi connectivity index (χ4v) is 1.27. The molecule has 0 saturated heterocycles. The third kappa shape index (κ3) is 7.11. The van der Waals surface area contributed by atoms with Gasteiger partial charge in [0, 0.05) is 13.1 Å². The Balaban J connectivity index is 4.45. The van der Waals surface area contributed by atoms with Gasteiger partial charge in [0.1, 0.15) is 11.6 Å². The van der Waals surface area contributed by atoms with Crippen molar-refractivity contribution in [1.82, 2.24) is 10.6 Å². The molecule has 1 atom stereocenters. The Labute approximate surface area is 109 Å². The number of amides is 2. The zero-order valence-corrected chi connectivity index (χ0v) is 11.9. The van der Waals surface area contributed by atoms with Gasteiger partial charge in [-0.25, -0.2) is 4.79 Å². The van der Waals surface area contributed by atoms with Crippen LogP contribution in [0, 0.1) is 5.92 Å². The van der Waals surface area contributed by atoms with Gasteiger partial charge in [0.15, 0.2) is 0 Å². The quantitative estimate of drug-likeness (QED) is 0.674. The second kappa shape index (κ2) is 7.20. The maximum atomic E-state index is 11.8. The van der Waals surface area contributed by atoms with Crippen LogP contribution in [0.15, 0.2) is 0 Å². The Morgan fingerprint density at radius 2 is 1.83 bits per heavy atom. The SMILES string of the molecule is CC(C)C(NC(=O)OC(C)(C)C)C(=O)NCCN. The van der Waals surface area contributed by atoms with Crippen LogP contribution in [0.5, 0.6) is 0 Å². The summed E-state index contributed by atoms with van der Waals surface area (Å²) in [5.74, 6) is -0.281. The lowest BCUT2D eigenvalue weighted by molar-refractivity contribution is -0.124. The smallest absolute Gasteiger partial charge is 0.408 e. The van der Waals surface area contributed by atoms with E-state index in [9.17, 15) is 9.59 Å². The van der Waals surface area contributed by atoms with Gasteiger partial charge in [-0.05, 0) is 26.7 Å². The van der Waals surface area contributed by atoms with Crippen LogP contribution < -0.4 is 16.4 Å². The molecule has 0 aliphatic carbocycles. The van der Waals surface area contributed by atoms with E-state index in [0.717, 1.165) is 0 Å². The Morgan fingerprint density at radius 1 is 1.28 bits per heavy atom. The van der Waals surface area contributed by atoms with E-state index in [2.05, 4.69) is 10.6 Å². The maximum absolute atomic E-state index is 11.8. The van der Waals surface area contributed by atoms with Gasteiger partial charge in [0.05, 0.1) is 0 Å². The molecule has 0 aliphatic heterocycles. The highest BCUT2D eigenvalue weighted by molar-refractivity contribution is 5.85. The number of ether oxygens (including phenoxy) is 1. The monoisotopic (exact) mass is 259 g/mol. The average molecular weight is 259 g/mol. The molecule has 6 nitrogen and oxygen atoms in total. The van der Waals surface area contributed by atoms with E-state index >= 15 is 0 Å². The molecule has 0 rings (SSSR count). The van der Waals surface area contributed by atoms with Crippen LogP contribution in [-0.2, 0) is 9.53 Å². The highest BCUT2D eigenvalue weighted by Crippen LogP contribution is 2.08. The van der Waals surface area contributed by atoms with Gasteiger partial charge in [-0.15, -0.1) is 0 Å². The van der Waals surface area contributed by atoms with Gasteiger partial charge in [-0.2, -0.15) is 0 Å². The van der Waals surface area contributed by atoms with E-state index in [1.54, 1.807) is 20.8 Å². The Hall–Kier alpha value is -1.30. The summed E-state index contributed by atoms with van der Waals surface area (Å²) in [6, 6.07) is -0.619. The molecular weight excluding hydrogens is 234 g/mol. The fraction of sp³-hybridized carbons (Fsp3) is 0.833. The van der Waals surface area contributed by atoms with Crippen molar-refractivity contribution >= 4 is 12.0 Å². The van der Waals surface area contributed by atoms with E-state index in [1.165, 1.54) is 0 Å². The third-order valence-electron chi connectivity index (χ3n) is 2.06. The molecule has 106 valence electrons. The number of nitrogens with two attached hydrogens (primary N) is 1. The molecule has 0 heterocycles. The number of carbonyl (C=O) groups is 2. The van der Waals surface area contributed by atoms with Crippen molar-refractivity contribution in [2.75, 3.05) is 13.1 Å². The zero-order chi connectivity index (χ0) is 14.3. The molecule has 0 aromatic rings. The van der Waals surface area contributed by atoms with Gasteiger partial charge >= 0.3 is 6.09 Å². The summed E-state index contributed by atoms with van der Waals surface area (Å²) in [7, 11) is 0. The average Bonchev–Trinajstić information content (AvgIpc) is 2.19. The molecule has 18 heavy (non-hydrogen) atoms.